The van der Waals surface area contributed by atoms with E-state index in [2.05, 4.69) is 20.8 Å². The van der Waals surface area contributed by atoms with E-state index in [-0.39, 0.29) is 0 Å². The van der Waals surface area contributed by atoms with Crippen LogP contribution >= 0.6 is 0 Å². The van der Waals surface area contributed by atoms with E-state index >= 15 is 0 Å². The Kier molecular flexibility index (Phi) is 3.08. The summed E-state index contributed by atoms with van der Waals surface area (Å²) in [5.74, 6) is 0. The predicted molar refractivity (Wildman–Crippen MR) is 64.3 cm³/mol. The van der Waals surface area contributed by atoms with E-state index < -0.39 is 0 Å². The van der Waals surface area contributed by atoms with Crippen LogP contribution in [-0.2, 0) is 19.3 Å². The van der Waals surface area contributed by atoms with Crippen molar-refractivity contribution in [1.82, 2.24) is 4.98 Å². The first kappa shape index (κ1) is 10.7. The lowest BCUT2D eigenvalue weighted by Crippen LogP contribution is -2.03. The van der Waals surface area contributed by atoms with Crippen molar-refractivity contribution in [3.8, 4) is 0 Å². The fourth-order valence-corrected chi connectivity index (χ4v) is 2.60. The molecular formula is C14H21N. The van der Waals surface area contributed by atoms with Gasteiger partial charge < -0.3 is 0 Å². The van der Waals surface area contributed by atoms with Crippen molar-refractivity contribution in [1.29, 1.82) is 0 Å². The minimum absolute atomic E-state index is 1.20. The molecule has 0 fully saturated rings. The number of aryl methyl sites for hydroxylation is 2. The van der Waals surface area contributed by atoms with Crippen molar-refractivity contribution in [2.45, 2.75) is 59.3 Å². The summed E-state index contributed by atoms with van der Waals surface area (Å²) in [6.07, 6.45) is 7.64. The predicted octanol–water partition coefficient (Wildman–Crippen LogP) is 3.53. The second kappa shape index (κ2) is 4.34. The van der Waals surface area contributed by atoms with E-state index in [1.165, 1.54) is 55.5 Å². The van der Waals surface area contributed by atoms with Crippen molar-refractivity contribution in [2.75, 3.05) is 0 Å². The molecule has 0 N–H and O–H groups in total. The largest absolute Gasteiger partial charge is 0.258 e. The topological polar surface area (TPSA) is 12.9 Å². The summed E-state index contributed by atoms with van der Waals surface area (Å²) in [6.45, 7) is 6.67. The highest BCUT2D eigenvalue weighted by molar-refractivity contribution is 5.41. The normalized spacial score (nSPS) is 14.3. The second-order valence-electron chi connectivity index (χ2n) is 4.68. The zero-order chi connectivity index (χ0) is 10.8. The molecule has 0 bridgehead atoms. The maximum Gasteiger partial charge on any atom is 0.0441 e. The Morgan fingerprint density at radius 2 is 2.00 bits per heavy atom. The van der Waals surface area contributed by atoms with Crippen LogP contribution < -0.4 is 0 Å². The van der Waals surface area contributed by atoms with Gasteiger partial charge in [0.2, 0.25) is 0 Å². The summed E-state index contributed by atoms with van der Waals surface area (Å²) in [6, 6.07) is 0. The minimum Gasteiger partial charge on any atom is -0.258 e. The van der Waals surface area contributed by atoms with E-state index in [1.54, 1.807) is 11.1 Å². The van der Waals surface area contributed by atoms with Gasteiger partial charge in [0, 0.05) is 11.4 Å². The first-order chi connectivity index (χ1) is 7.24. The maximum absolute atomic E-state index is 4.72. The third-order valence-electron chi connectivity index (χ3n) is 3.63. The zero-order valence-electron chi connectivity index (χ0n) is 10.2. The molecule has 2 rings (SSSR count). The van der Waals surface area contributed by atoms with E-state index in [9.17, 15) is 0 Å². The molecule has 1 nitrogen and oxygen atoms in total. The van der Waals surface area contributed by atoms with Crippen LogP contribution in [0, 0.1) is 13.8 Å². The van der Waals surface area contributed by atoms with Crippen molar-refractivity contribution in [3.63, 3.8) is 0 Å². The molecule has 0 spiro atoms. The Hall–Kier alpha value is -0.850. The fraction of sp³-hybridized carbons (Fsp3) is 0.643. The van der Waals surface area contributed by atoms with Crippen LogP contribution in [0.25, 0.3) is 0 Å². The molecule has 82 valence electrons. The molecule has 1 aromatic rings. The summed E-state index contributed by atoms with van der Waals surface area (Å²) >= 11 is 0. The van der Waals surface area contributed by atoms with Gasteiger partial charge in [0.05, 0.1) is 0 Å². The molecule has 0 saturated heterocycles. The first-order valence-corrected chi connectivity index (χ1v) is 6.21. The molecule has 0 amide bonds. The van der Waals surface area contributed by atoms with Gasteiger partial charge in [0.1, 0.15) is 0 Å². The lowest BCUT2D eigenvalue weighted by Gasteiger charge is -2.13. The van der Waals surface area contributed by atoms with Crippen molar-refractivity contribution in [3.05, 3.63) is 28.1 Å². The highest BCUT2D eigenvalue weighted by Gasteiger charge is 2.18. The number of hydrogen-bond acceptors (Lipinski definition) is 1. The summed E-state index contributed by atoms with van der Waals surface area (Å²) < 4.78 is 0. The van der Waals surface area contributed by atoms with Gasteiger partial charge in [-0.3, -0.25) is 4.98 Å². The number of nitrogens with zero attached hydrogens (tertiary/aromatic N) is 1. The lowest BCUT2D eigenvalue weighted by molar-refractivity contribution is 0.778. The zero-order valence-corrected chi connectivity index (χ0v) is 10.2. The highest BCUT2D eigenvalue weighted by atomic mass is 14.7. The molecule has 15 heavy (non-hydrogen) atoms. The van der Waals surface area contributed by atoms with Crippen molar-refractivity contribution in [2.24, 2.45) is 0 Å². The highest BCUT2D eigenvalue weighted by Crippen LogP contribution is 2.28. The SMILES string of the molecule is CCCCc1c(C)c(C)nc2c1CCC2. The Morgan fingerprint density at radius 3 is 2.73 bits per heavy atom. The molecular weight excluding hydrogens is 182 g/mol. The van der Waals surface area contributed by atoms with Gasteiger partial charge in [-0.1, -0.05) is 13.3 Å². The number of aromatic nitrogens is 1. The summed E-state index contributed by atoms with van der Waals surface area (Å²) in [5, 5.41) is 0. The smallest absolute Gasteiger partial charge is 0.0441 e. The van der Waals surface area contributed by atoms with Gasteiger partial charge in [0.25, 0.3) is 0 Å². The first-order valence-electron chi connectivity index (χ1n) is 6.21. The third kappa shape index (κ3) is 1.92. The van der Waals surface area contributed by atoms with Gasteiger partial charge in [-0.05, 0) is 62.6 Å². The Balaban J connectivity index is 2.41. The lowest BCUT2D eigenvalue weighted by atomic mass is 9.96. The van der Waals surface area contributed by atoms with Crippen LogP contribution in [0.5, 0.6) is 0 Å². The second-order valence-corrected chi connectivity index (χ2v) is 4.68. The molecule has 0 aromatic carbocycles. The van der Waals surface area contributed by atoms with Crippen molar-refractivity contribution < 1.29 is 0 Å². The average molecular weight is 203 g/mol. The fourth-order valence-electron chi connectivity index (χ4n) is 2.60. The van der Waals surface area contributed by atoms with E-state index in [1.807, 2.05) is 0 Å². The Bertz CT molecular complexity index is 366. The molecule has 0 atom stereocenters. The van der Waals surface area contributed by atoms with E-state index in [0.717, 1.165) is 0 Å². The Morgan fingerprint density at radius 1 is 1.20 bits per heavy atom. The quantitative estimate of drug-likeness (QED) is 0.732. The molecule has 0 saturated carbocycles. The minimum atomic E-state index is 1.20. The van der Waals surface area contributed by atoms with E-state index in [4.69, 9.17) is 4.98 Å². The van der Waals surface area contributed by atoms with Crippen molar-refractivity contribution >= 4 is 0 Å². The van der Waals surface area contributed by atoms with Crippen LogP contribution in [0.2, 0.25) is 0 Å². The third-order valence-corrected chi connectivity index (χ3v) is 3.63. The van der Waals surface area contributed by atoms with Crippen LogP contribution in [0.15, 0.2) is 0 Å². The van der Waals surface area contributed by atoms with E-state index in [0.29, 0.717) is 0 Å². The number of rotatable bonds is 3. The number of fused-ring (bicyclic) bond motifs is 1. The van der Waals surface area contributed by atoms with Crippen LogP contribution in [0.4, 0.5) is 0 Å². The summed E-state index contributed by atoms with van der Waals surface area (Å²) in [4.78, 5) is 4.72. The molecule has 1 heteroatoms. The molecule has 0 radical (unpaired) electrons. The number of pyridine rings is 1. The van der Waals surface area contributed by atoms with Crippen LogP contribution in [0.3, 0.4) is 0 Å². The van der Waals surface area contributed by atoms with Gasteiger partial charge in [0.15, 0.2) is 0 Å². The van der Waals surface area contributed by atoms with Gasteiger partial charge in [-0.15, -0.1) is 0 Å². The summed E-state index contributed by atoms with van der Waals surface area (Å²) in [7, 11) is 0. The molecule has 1 aliphatic rings. The molecule has 1 aromatic heterocycles. The van der Waals surface area contributed by atoms with Gasteiger partial charge in [-0.25, -0.2) is 0 Å². The molecule has 1 heterocycles. The maximum atomic E-state index is 4.72. The van der Waals surface area contributed by atoms with Crippen LogP contribution in [-0.4, -0.2) is 4.98 Å². The summed E-state index contributed by atoms with van der Waals surface area (Å²) in [5.41, 5.74) is 7.30. The standard InChI is InChI=1S/C14H21N/c1-4-5-7-12-10(2)11(3)15-14-9-6-8-13(12)14/h4-9H2,1-3H3. The monoisotopic (exact) mass is 203 g/mol. The number of unbranched alkanes of at least 4 members (excludes halogenated alkanes) is 1. The molecule has 0 unspecified atom stereocenters. The van der Waals surface area contributed by atoms with Gasteiger partial charge >= 0.3 is 0 Å². The van der Waals surface area contributed by atoms with Crippen LogP contribution in [0.1, 0.15) is 54.3 Å². The molecule has 1 aliphatic carbocycles. The average Bonchev–Trinajstić information content (AvgIpc) is 2.66. The number of hydrogen-bond donors (Lipinski definition) is 0. The van der Waals surface area contributed by atoms with Gasteiger partial charge in [-0.2, -0.15) is 0 Å². The molecule has 0 aliphatic heterocycles. The Labute approximate surface area is 92.9 Å².